The molecule has 0 saturated carbocycles. The lowest BCUT2D eigenvalue weighted by molar-refractivity contribution is -0.143. The first-order valence-electron chi connectivity index (χ1n) is 8.82. The van der Waals surface area contributed by atoms with Gasteiger partial charge >= 0.3 is 12.3 Å². The first-order chi connectivity index (χ1) is 13.9. The summed E-state index contributed by atoms with van der Waals surface area (Å²) < 4.78 is 46.3. The molecular formula is C20H18ClF3N4O2. The van der Waals surface area contributed by atoms with E-state index < -0.39 is 23.7 Å². The Bertz CT molecular complexity index is 1060. The fourth-order valence-corrected chi connectivity index (χ4v) is 2.81. The summed E-state index contributed by atoms with van der Waals surface area (Å²) in [4.78, 5) is 16.0. The van der Waals surface area contributed by atoms with Crippen molar-refractivity contribution in [3.05, 3.63) is 65.1 Å². The Morgan fingerprint density at radius 2 is 1.77 bits per heavy atom. The normalized spacial score (nSPS) is 12.0. The summed E-state index contributed by atoms with van der Waals surface area (Å²) >= 11 is 5.75. The molecule has 0 saturated heterocycles. The van der Waals surface area contributed by atoms with Gasteiger partial charge in [-0.05, 0) is 35.2 Å². The second-order valence-corrected chi connectivity index (χ2v) is 7.81. The van der Waals surface area contributed by atoms with Crippen molar-refractivity contribution in [2.75, 3.05) is 5.32 Å². The van der Waals surface area contributed by atoms with Crippen molar-refractivity contribution in [3.63, 3.8) is 0 Å². The predicted octanol–water partition coefficient (Wildman–Crippen LogP) is 5.85. The second-order valence-electron chi connectivity index (χ2n) is 7.43. The highest BCUT2D eigenvalue weighted by Crippen LogP contribution is 2.37. The molecule has 10 heteroatoms. The van der Waals surface area contributed by atoms with Gasteiger partial charge < -0.3 is 4.74 Å². The standard InChI is InChI=1S/C20H18ClF3N4O2/c1-19(2,3)12-7-9-13(10-8-12)26-18(29)30-14-11-25-28(17(14)20(22,23)24)16-6-4-5-15(21)27-16/h4-11H,1-3H3,(H,26,29). The molecule has 2 aromatic heterocycles. The lowest BCUT2D eigenvalue weighted by Crippen LogP contribution is -2.20. The molecule has 0 bridgehead atoms. The molecule has 6 nitrogen and oxygen atoms in total. The fourth-order valence-electron chi connectivity index (χ4n) is 2.65. The summed E-state index contributed by atoms with van der Waals surface area (Å²) in [5, 5.41) is 6.06. The van der Waals surface area contributed by atoms with Gasteiger partial charge in [0.2, 0.25) is 0 Å². The van der Waals surface area contributed by atoms with Crippen LogP contribution < -0.4 is 10.1 Å². The number of alkyl halides is 3. The number of pyridine rings is 1. The lowest BCUT2D eigenvalue weighted by Gasteiger charge is -2.19. The van der Waals surface area contributed by atoms with Crippen LogP contribution in [-0.4, -0.2) is 20.9 Å². The van der Waals surface area contributed by atoms with Crippen molar-refractivity contribution in [1.82, 2.24) is 14.8 Å². The molecule has 1 aromatic carbocycles. The second kappa shape index (κ2) is 7.98. The number of amides is 1. The number of anilines is 1. The number of carbonyl (C=O) groups is 1. The van der Waals surface area contributed by atoms with Gasteiger partial charge in [-0.25, -0.2) is 14.5 Å². The van der Waals surface area contributed by atoms with Crippen molar-refractivity contribution < 1.29 is 22.7 Å². The number of carbonyl (C=O) groups excluding carboxylic acids is 1. The number of benzene rings is 1. The Morgan fingerprint density at radius 3 is 2.33 bits per heavy atom. The molecule has 3 aromatic rings. The molecular weight excluding hydrogens is 421 g/mol. The molecule has 0 aliphatic rings. The van der Waals surface area contributed by atoms with E-state index in [1.54, 1.807) is 12.1 Å². The number of hydrogen-bond donors (Lipinski definition) is 1. The van der Waals surface area contributed by atoms with E-state index in [1.807, 2.05) is 32.9 Å². The third kappa shape index (κ3) is 4.91. The third-order valence-electron chi connectivity index (χ3n) is 4.12. The molecule has 158 valence electrons. The van der Waals surface area contributed by atoms with E-state index in [0.717, 1.165) is 11.8 Å². The Morgan fingerprint density at radius 1 is 1.10 bits per heavy atom. The van der Waals surface area contributed by atoms with Crippen LogP contribution in [0.2, 0.25) is 5.15 Å². The van der Waals surface area contributed by atoms with E-state index in [1.165, 1.54) is 18.2 Å². The van der Waals surface area contributed by atoms with Crippen LogP contribution in [-0.2, 0) is 11.6 Å². The van der Waals surface area contributed by atoms with Crippen LogP contribution >= 0.6 is 11.6 Å². The maximum atomic E-state index is 13.6. The summed E-state index contributed by atoms with van der Waals surface area (Å²) in [6, 6.07) is 11.1. The van der Waals surface area contributed by atoms with E-state index in [2.05, 4.69) is 15.4 Å². The quantitative estimate of drug-likeness (QED) is 0.521. The average Bonchev–Trinajstić information content (AvgIpc) is 3.05. The average molecular weight is 439 g/mol. The fraction of sp³-hybridized carbons (Fsp3) is 0.250. The Kier molecular flexibility index (Phi) is 5.76. The molecule has 0 fully saturated rings. The molecule has 2 heterocycles. The highest BCUT2D eigenvalue weighted by Gasteiger charge is 2.41. The number of halogens is 4. The maximum absolute atomic E-state index is 13.6. The number of ether oxygens (including phenoxy) is 1. The molecule has 0 atom stereocenters. The maximum Gasteiger partial charge on any atom is 0.437 e. The third-order valence-corrected chi connectivity index (χ3v) is 4.33. The molecule has 0 aliphatic carbocycles. The summed E-state index contributed by atoms with van der Waals surface area (Å²) in [5.74, 6) is -0.920. The number of nitrogens with zero attached hydrogens (tertiary/aromatic N) is 3. The van der Waals surface area contributed by atoms with Gasteiger partial charge in [0.05, 0.1) is 6.20 Å². The van der Waals surface area contributed by atoms with Gasteiger partial charge in [0, 0.05) is 5.69 Å². The lowest BCUT2D eigenvalue weighted by atomic mass is 9.87. The minimum Gasteiger partial charge on any atom is -0.406 e. The van der Waals surface area contributed by atoms with Gasteiger partial charge in [-0.2, -0.15) is 18.3 Å². The van der Waals surface area contributed by atoms with Crippen molar-refractivity contribution >= 4 is 23.4 Å². The van der Waals surface area contributed by atoms with E-state index in [4.69, 9.17) is 16.3 Å². The SMILES string of the molecule is CC(C)(C)c1ccc(NC(=O)Oc2cnn(-c3cccc(Cl)n3)c2C(F)(F)F)cc1. The van der Waals surface area contributed by atoms with Gasteiger partial charge in [-0.1, -0.05) is 50.6 Å². The van der Waals surface area contributed by atoms with E-state index >= 15 is 0 Å². The zero-order chi connectivity index (χ0) is 22.1. The summed E-state index contributed by atoms with van der Waals surface area (Å²) in [6.07, 6.45) is -5.14. The van der Waals surface area contributed by atoms with E-state index in [-0.39, 0.29) is 16.4 Å². The summed E-state index contributed by atoms with van der Waals surface area (Å²) in [5.41, 5.74) is 0.0564. The predicted molar refractivity (Wildman–Crippen MR) is 106 cm³/mol. The van der Waals surface area contributed by atoms with Crippen molar-refractivity contribution in [2.45, 2.75) is 32.4 Å². The summed E-state index contributed by atoms with van der Waals surface area (Å²) in [6.45, 7) is 6.11. The largest absolute Gasteiger partial charge is 0.437 e. The van der Waals surface area contributed by atoms with E-state index in [9.17, 15) is 18.0 Å². The van der Waals surface area contributed by atoms with Crippen LogP contribution in [0.15, 0.2) is 48.7 Å². The van der Waals surface area contributed by atoms with Gasteiger partial charge in [-0.3, -0.25) is 5.32 Å². The van der Waals surface area contributed by atoms with Crippen LogP contribution in [0.25, 0.3) is 5.82 Å². The molecule has 3 rings (SSSR count). The van der Waals surface area contributed by atoms with Crippen molar-refractivity contribution in [1.29, 1.82) is 0 Å². The molecule has 0 unspecified atom stereocenters. The minimum absolute atomic E-state index is 0.00459. The van der Waals surface area contributed by atoms with Gasteiger partial charge in [-0.15, -0.1) is 0 Å². The van der Waals surface area contributed by atoms with Crippen LogP contribution in [0.1, 0.15) is 32.0 Å². The zero-order valence-electron chi connectivity index (χ0n) is 16.3. The topological polar surface area (TPSA) is 69.0 Å². The highest BCUT2D eigenvalue weighted by atomic mass is 35.5. The van der Waals surface area contributed by atoms with Gasteiger partial charge in [0.25, 0.3) is 0 Å². The Hall–Kier alpha value is -3.07. The smallest absolute Gasteiger partial charge is 0.406 e. The number of nitrogens with one attached hydrogen (secondary N) is 1. The first kappa shape index (κ1) is 21.6. The molecule has 0 spiro atoms. The van der Waals surface area contributed by atoms with Crippen LogP contribution in [0.3, 0.4) is 0 Å². The number of aromatic nitrogens is 3. The van der Waals surface area contributed by atoms with Crippen LogP contribution in [0.5, 0.6) is 5.75 Å². The number of hydrogen-bond acceptors (Lipinski definition) is 4. The van der Waals surface area contributed by atoms with E-state index in [0.29, 0.717) is 10.4 Å². The van der Waals surface area contributed by atoms with Crippen LogP contribution in [0.4, 0.5) is 23.7 Å². The zero-order valence-corrected chi connectivity index (χ0v) is 17.0. The summed E-state index contributed by atoms with van der Waals surface area (Å²) in [7, 11) is 0. The molecule has 0 aliphatic heterocycles. The Balaban J connectivity index is 1.83. The molecule has 1 N–H and O–H groups in total. The Labute approximate surface area is 175 Å². The molecule has 0 radical (unpaired) electrons. The van der Waals surface area contributed by atoms with Crippen LogP contribution in [0, 0.1) is 0 Å². The molecule has 1 amide bonds. The molecule has 30 heavy (non-hydrogen) atoms. The van der Waals surface area contributed by atoms with Crippen molar-refractivity contribution in [3.8, 4) is 11.6 Å². The first-order valence-corrected chi connectivity index (χ1v) is 9.20. The van der Waals surface area contributed by atoms with Gasteiger partial charge in [0.15, 0.2) is 17.3 Å². The van der Waals surface area contributed by atoms with Gasteiger partial charge in [0.1, 0.15) is 5.15 Å². The van der Waals surface area contributed by atoms with Crippen molar-refractivity contribution in [2.24, 2.45) is 0 Å². The minimum atomic E-state index is -4.86. The monoisotopic (exact) mass is 438 g/mol. The number of rotatable bonds is 3. The highest BCUT2D eigenvalue weighted by molar-refractivity contribution is 6.29.